The SMILES string of the molecule is Cc1ccc(S(=O)(=O)Nc2cc(F)c(Br)c(F)c2)cc1. The van der Waals surface area contributed by atoms with E-state index in [1.54, 1.807) is 12.1 Å². The van der Waals surface area contributed by atoms with Crippen LogP contribution in [0.2, 0.25) is 0 Å². The smallest absolute Gasteiger partial charge is 0.261 e. The van der Waals surface area contributed by atoms with E-state index in [0.29, 0.717) is 0 Å². The van der Waals surface area contributed by atoms with Crippen molar-refractivity contribution >= 4 is 31.6 Å². The quantitative estimate of drug-likeness (QED) is 0.844. The fraction of sp³-hybridized carbons (Fsp3) is 0.0769. The van der Waals surface area contributed by atoms with Gasteiger partial charge in [0.15, 0.2) is 0 Å². The molecule has 2 aromatic carbocycles. The molecule has 0 bridgehead atoms. The molecule has 7 heteroatoms. The molecule has 0 heterocycles. The number of benzene rings is 2. The van der Waals surface area contributed by atoms with Crippen molar-refractivity contribution in [1.29, 1.82) is 0 Å². The molecule has 0 saturated heterocycles. The van der Waals surface area contributed by atoms with Crippen LogP contribution < -0.4 is 4.72 Å². The van der Waals surface area contributed by atoms with Gasteiger partial charge in [0, 0.05) is 0 Å². The molecule has 3 nitrogen and oxygen atoms in total. The molecular formula is C13H10BrF2NO2S. The molecule has 0 unspecified atom stereocenters. The Kier molecular flexibility index (Phi) is 4.10. The first-order valence-corrected chi connectivity index (χ1v) is 7.81. The van der Waals surface area contributed by atoms with Crippen LogP contribution in [0.1, 0.15) is 5.56 Å². The van der Waals surface area contributed by atoms with Gasteiger partial charge >= 0.3 is 0 Å². The zero-order valence-corrected chi connectivity index (χ0v) is 12.7. The van der Waals surface area contributed by atoms with Crippen LogP contribution in [-0.4, -0.2) is 8.42 Å². The summed E-state index contributed by atoms with van der Waals surface area (Å²) in [5.74, 6) is -1.77. The van der Waals surface area contributed by atoms with Crippen LogP contribution in [-0.2, 0) is 10.0 Å². The molecule has 106 valence electrons. The van der Waals surface area contributed by atoms with Gasteiger partial charge in [-0.25, -0.2) is 17.2 Å². The van der Waals surface area contributed by atoms with Gasteiger partial charge in [-0.3, -0.25) is 4.72 Å². The fourth-order valence-electron chi connectivity index (χ4n) is 1.55. The van der Waals surface area contributed by atoms with E-state index in [1.807, 2.05) is 6.92 Å². The Hall–Kier alpha value is -1.47. The highest BCUT2D eigenvalue weighted by Crippen LogP contribution is 2.25. The highest BCUT2D eigenvalue weighted by molar-refractivity contribution is 9.10. The van der Waals surface area contributed by atoms with Crippen molar-refractivity contribution < 1.29 is 17.2 Å². The predicted molar refractivity (Wildman–Crippen MR) is 76.0 cm³/mol. The summed E-state index contributed by atoms with van der Waals surface area (Å²) in [5.41, 5.74) is 0.730. The average Bonchev–Trinajstić information content (AvgIpc) is 2.36. The topological polar surface area (TPSA) is 46.2 Å². The fourth-order valence-corrected chi connectivity index (χ4v) is 2.82. The van der Waals surface area contributed by atoms with Gasteiger partial charge in [-0.05, 0) is 47.1 Å². The lowest BCUT2D eigenvalue weighted by Gasteiger charge is -2.09. The van der Waals surface area contributed by atoms with Gasteiger partial charge in [0.05, 0.1) is 15.1 Å². The summed E-state index contributed by atoms with van der Waals surface area (Å²) < 4.78 is 52.6. The maximum atomic E-state index is 13.3. The summed E-state index contributed by atoms with van der Waals surface area (Å²) >= 11 is 2.72. The molecule has 0 aliphatic heterocycles. The predicted octanol–water partition coefficient (Wildman–Crippen LogP) is 3.84. The number of hydrogen-bond donors (Lipinski definition) is 1. The van der Waals surface area contributed by atoms with Gasteiger partial charge in [0.2, 0.25) is 0 Å². The molecule has 2 aromatic rings. The number of anilines is 1. The van der Waals surface area contributed by atoms with Crippen LogP contribution in [0, 0.1) is 18.6 Å². The number of aryl methyl sites for hydroxylation is 1. The van der Waals surface area contributed by atoms with Gasteiger partial charge in [0.1, 0.15) is 11.6 Å². The number of sulfonamides is 1. The monoisotopic (exact) mass is 361 g/mol. The van der Waals surface area contributed by atoms with Crippen molar-refractivity contribution in [2.24, 2.45) is 0 Å². The standard InChI is InChI=1S/C13H10BrF2NO2S/c1-8-2-4-10(5-3-8)20(18,19)17-9-6-11(15)13(14)12(16)7-9/h2-7,17H,1H3. The average molecular weight is 362 g/mol. The highest BCUT2D eigenvalue weighted by atomic mass is 79.9. The third-order valence-corrected chi connectivity index (χ3v) is 4.72. The number of hydrogen-bond acceptors (Lipinski definition) is 2. The van der Waals surface area contributed by atoms with Crippen LogP contribution in [0.15, 0.2) is 45.8 Å². The van der Waals surface area contributed by atoms with Crippen molar-refractivity contribution in [2.45, 2.75) is 11.8 Å². The van der Waals surface area contributed by atoms with Gasteiger partial charge in [-0.1, -0.05) is 17.7 Å². The number of nitrogens with one attached hydrogen (secondary N) is 1. The van der Waals surface area contributed by atoms with E-state index in [0.717, 1.165) is 17.7 Å². The Bertz CT molecular complexity index is 722. The van der Waals surface area contributed by atoms with Gasteiger partial charge < -0.3 is 0 Å². The molecule has 0 amide bonds. The Balaban J connectivity index is 2.36. The summed E-state index contributed by atoms with van der Waals surface area (Å²) in [6.07, 6.45) is 0. The molecule has 20 heavy (non-hydrogen) atoms. The molecule has 0 aliphatic rings. The first-order chi connectivity index (χ1) is 9.29. The molecule has 2 rings (SSSR count). The summed E-state index contributed by atoms with van der Waals surface area (Å²) in [6, 6.07) is 7.92. The van der Waals surface area contributed by atoms with E-state index in [4.69, 9.17) is 0 Å². The molecule has 0 fully saturated rings. The van der Waals surface area contributed by atoms with Crippen molar-refractivity contribution in [3.63, 3.8) is 0 Å². The van der Waals surface area contributed by atoms with Gasteiger partial charge in [-0.15, -0.1) is 0 Å². The Morgan fingerprint density at radius 2 is 1.55 bits per heavy atom. The van der Waals surface area contributed by atoms with E-state index >= 15 is 0 Å². The first kappa shape index (κ1) is 14.9. The van der Waals surface area contributed by atoms with Crippen LogP contribution in [0.25, 0.3) is 0 Å². The minimum absolute atomic E-state index is 0.0202. The second kappa shape index (κ2) is 5.49. The minimum atomic E-state index is -3.88. The summed E-state index contributed by atoms with van der Waals surface area (Å²) in [5, 5.41) is 0. The van der Waals surface area contributed by atoms with Crippen molar-refractivity contribution in [3.8, 4) is 0 Å². The number of rotatable bonds is 3. The van der Waals surface area contributed by atoms with E-state index in [2.05, 4.69) is 20.7 Å². The van der Waals surface area contributed by atoms with Crippen LogP contribution >= 0.6 is 15.9 Å². The van der Waals surface area contributed by atoms with Gasteiger partial charge in [-0.2, -0.15) is 0 Å². The zero-order valence-electron chi connectivity index (χ0n) is 10.3. The maximum Gasteiger partial charge on any atom is 0.261 e. The maximum absolute atomic E-state index is 13.3. The second-order valence-electron chi connectivity index (χ2n) is 4.17. The lowest BCUT2D eigenvalue weighted by molar-refractivity contribution is 0.573. The van der Waals surface area contributed by atoms with Crippen LogP contribution in [0.4, 0.5) is 14.5 Å². The third-order valence-electron chi connectivity index (χ3n) is 2.57. The molecule has 0 aliphatic carbocycles. The van der Waals surface area contributed by atoms with Crippen molar-refractivity contribution in [1.82, 2.24) is 0 Å². The van der Waals surface area contributed by atoms with Crippen LogP contribution in [0.3, 0.4) is 0 Å². The molecule has 0 atom stereocenters. The second-order valence-corrected chi connectivity index (χ2v) is 6.65. The first-order valence-electron chi connectivity index (χ1n) is 5.53. The lowest BCUT2D eigenvalue weighted by atomic mass is 10.2. The van der Waals surface area contributed by atoms with Crippen molar-refractivity contribution in [2.75, 3.05) is 4.72 Å². The van der Waals surface area contributed by atoms with E-state index in [-0.39, 0.29) is 15.1 Å². The molecule has 1 N–H and O–H groups in total. The molecule has 0 spiro atoms. The summed E-state index contributed by atoms with van der Waals surface area (Å²) in [6.45, 7) is 1.82. The molecular weight excluding hydrogens is 352 g/mol. The Morgan fingerprint density at radius 1 is 1.05 bits per heavy atom. The Labute approximate surface area is 123 Å². The number of halogens is 3. The summed E-state index contributed by atoms with van der Waals surface area (Å²) in [7, 11) is -3.88. The third kappa shape index (κ3) is 3.16. The largest absolute Gasteiger partial charge is 0.279 e. The molecule has 0 aromatic heterocycles. The normalized spacial score (nSPS) is 11.4. The lowest BCUT2D eigenvalue weighted by Crippen LogP contribution is -2.13. The van der Waals surface area contributed by atoms with E-state index in [1.165, 1.54) is 12.1 Å². The van der Waals surface area contributed by atoms with E-state index < -0.39 is 21.7 Å². The van der Waals surface area contributed by atoms with Crippen LogP contribution in [0.5, 0.6) is 0 Å². The van der Waals surface area contributed by atoms with E-state index in [9.17, 15) is 17.2 Å². The summed E-state index contributed by atoms with van der Waals surface area (Å²) in [4.78, 5) is 0.0202. The van der Waals surface area contributed by atoms with Crippen molar-refractivity contribution in [3.05, 3.63) is 58.1 Å². The molecule has 0 radical (unpaired) electrons. The Morgan fingerprint density at radius 3 is 2.05 bits per heavy atom. The zero-order chi connectivity index (χ0) is 14.9. The highest BCUT2D eigenvalue weighted by Gasteiger charge is 2.16. The molecule has 0 saturated carbocycles. The minimum Gasteiger partial charge on any atom is -0.279 e. The van der Waals surface area contributed by atoms with Gasteiger partial charge in [0.25, 0.3) is 10.0 Å².